The van der Waals surface area contributed by atoms with Crippen molar-refractivity contribution in [2.75, 3.05) is 19.8 Å². The summed E-state index contributed by atoms with van der Waals surface area (Å²) in [7, 11) is -3.93. The molecule has 1 heterocycles. The molecule has 0 aliphatic heterocycles. The first kappa shape index (κ1) is 21.4. The Hall–Kier alpha value is -2.89. The monoisotopic (exact) mass is 402 g/mol. The third kappa shape index (κ3) is 6.08. The maximum Gasteiger partial charge on any atom is 0.321 e. The summed E-state index contributed by atoms with van der Waals surface area (Å²) in [5.74, 6) is 5.37. The zero-order valence-electron chi connectivity index (χ0n) is 15.8. The first-order chi connectivity index (χ1) is 13.5. The van der Waals surface area contributed by atoms with E-state index in [1.807, 2.05) is 0 Å². The topological polar surface area (TPSA) is 85.8 Å². The van der Waals surface area contributed by atoms with E-state index in [9.17, 15) is 13.2 Å². The van der Waals surface area contributed by atoms with Crippen LogP contribution in [-0.2, 0) is 26.1 Å². The molecule has 1 aromatic carbocycles. The Morgan fingerprint density at radius 1 is 1.21 bits per heavy atom. The van der Waals surface area contributed by atoms with Gasteiger partial charge in [0.15, 0.2) is 0 Å². The predicted octanol–water partition coefficient (Wildman–Crippen LogP) is 2.24. The molecule has 1 aromatic heterocycles. The van der Waals surface area contributed by atoms with Crippen LogP contribution in [0.4, 0.5) is 0 Å². The van der Waals surface area contributed by atoms with Crippen molar-refractivity contribution in [1.82, 2.24) is 9.29 Å². The number of ether oxygens (including phenoxy) is 2. The molecule has 0 amide bonds. The van der Waals surface area contributed by atoms with E-state index in [1.54, 1.807) is 50.5 Å². The third-order valence-corrected chi connectivity index (χ3v) is 5.45. The molecule has 8 heteroatoms. The zero-order valence-corrected chi connectivity index (χ0v) is 16.6. The van der Waals surface area contributed by atoms with Crippen LogP contribution in [0.1, 0.15) is 19.4 Å². The lowest BCUT2D eigenvalue weighted by Crippen LogP contribution is -2.36. The lowest BCUT2D eigenvalue weighted by atomic mass is 10.3. The molecule has 0 aliphatic carbocycles. The summed E-state index contributed by atoms with van der Waals surface area (Å²) in [6.45, 7) is 3.37. The predicted molar refractivity (Wildman–Crippen MR) is 104 cm³/mol. The van der Waals surface area contributed by atoms with Crippen LogP contribution >= 0.6 is 0 Å². The van der Waals surface area contributed by atoms with Crippen LogP contribution < -0.4 is 4.74 Å². The smallest absolute Gasteiger partial charge is 0.321 e. The van der Waals surface area contributed by atoms with E-state index < -0.39 is 22.5 Å². The van der Waals surface area contributed by atoms with Gasteiger partial charge in [0.2, 0.25) is 10.0 Å². The molecule has 0 bridgehead atoms. The Bertz CT molecular complexity index is 932. The fraction of sp³-hybridized carbons (Fsp3) is 0.300. The van der Waals surface area contributed by atoms with Gasteiger partial charge in [0.05, 0.1) is 11.5 Å². The Morgan fingerprint density at radius 3 is 2.57 bits per heavy atom. The summed E-state index contributed by atoms with van der Waals surface area (Å²) in [5.41, 5.74) is 0.661. The van der Waals surface area contributed by atoms with Gasteiger partial charge in [-0.05, 0) is 49.7 Å². The lowest BCUT2D eigenvalue weighted by molar-refractivity contribution is -0.143. The van der Waals surface area contributed by atoms with Crippen molar-refractivity contribution in [1.29, 1.82) is 0 Å². The SMILES string of the molecule is CC#CCOc1ccc(S(=O)(=O)N(CC(=O)OCC)Cc2cccnc2)cc1. The molecule has 2 aromatic rings. The van der Waals surface area contributed by atoms with E-state index in [1.165, 1.54) is 12.1 Å². The highest BCUT2D eigenvalue weighted by molar-refractivity contribution is 7.89. The van der Waals surface area contributed by atoms with Gasteiger partial charge in [0, 0.05) is 18.9 Å². The number of carbonyl (C=O) groups excluding carboxylic acids is 1. The van der Waals surface area contributed by atoms with Crippen LogP contribution in [0.5, 0.6) is 5.75 Å². The molecule has 0 fully saturated rings. The minimum atomic E-state index is -3.93. The Labute approximate surface area is 165 Å². The molecule has 0 unspecified atom stereocenters. The number of hydrogen-bond donors (Lipinski definition) is 0. The number of nitrogens with zero attached hydrogens (tertiary/aromatic N) is 2. The van der Waals surface area contributed by atoms with Gasteiger partial charge in [0.25, 0.3) is 0 Å². The second-order valence-corrected chi connectivity index (χ2v) is 7.56. The minimum Gasteiger partial charge on any atom is -0.481 e. The number of carbonyl (C=O) groups is 1. The van der Waals surface area contributed by atoms with Gasteiger partial charge in [-0.25, -0.2) is 8.42 Å². The van der Waals surface area contributed by atoms with Gasteiger partial charge < -0.3 is 9.47 Å². The average Bonchev–Trinajstić information content (AvgIpc) is 2.69. The number of benzene rings is 1. The quantitative estimate of drug-likeness (QED) is 0.472. The number of hydrogen-bond acceptors (Lipinski definition) is 6. The molecule has 0 saturated heterocycles. The first-order valence-electron chi connectivity index (χ1n) is 8.64. The molecule has 0 atom stereocenters. The summed E-state index contributed by atoms with van der Waals surface area (Å²) in [6.07, 6.45) is 3.15. The summed E-state index contributed by atoms with van der Waals surface area (Å²) in [4.78, 5) is 16.0. The van der Waals surface area contributed by atoms with Gasteiger partial charge >= 0.3 is 5.97 Å². The van der Waals surface area contributed by atoms with Gasteiger partial charge in [-0.3, -0.25) is 9.78 Å². The highest BCUT2D eigenvalue weighted by Crippen LogP contribution is 2.21. The molecule has 0 N–H and O–H groups in total. The standard InChI is InChI=1S/C20H22N2O5S/c1-3-5-13-27-18-8-10-19(11-9-18)28(24,25)22(16-20(23)26-4-2)15-17-7-6-12-21-14-17/h6-12,14H,4,13,15-16H2,1-2H3. The Balaban J connectivity index is 2.25. The molecule has 0 radical (unpaired) electrons. The molecular formula is C20H22N2O5S. The number of sulfonamides is 1. The van der Waals surface area contributed by atoms with Gasteiger partial charge in [-0.1, -0.05) is 12.0 Å². The summed E-state index contributed by atoms with van der Waals surface area (Å²) in [5, 5.41) is 0. The van der Waals surface area contributed by atoms with Crippen molar-refractivity contribution >= 4 is 16.0 Å². The van der Waals surface area contributed by atoms with E-state index in [-0.39, 0.29) is 24.7 Å². The van der Waals surface area contributed by atoms with Crippen LogP contribution in [0.2, 0.25) is 0 Å². The van der Waals surface area contributed by atoms with Crippen molar-refractivity contribution in [2.45, 2.75) is 25.3 Å². The van der Waals surface area contributed by atoms with E-state index in [2.05, 4.69) is 16.8 Å². The van der Waals surface area contributed by atoms with Crippen LogP contribution in [0, 0.1) is 11.8 Å². The maximum atomic E-state index is 13.1. The summed E-state index contributed by atoms with van der Waals surface area (Å²) < 4.78 is 37.6. The average molecular weight is 402 g/mol. The van der Waals surface area contributed by atoms with Crippen LogP contribution in [0.3, 0.4) is 0 Å². The summed E-state index contributed by atoms with van der Waals surface area (Å²) >= 11 is 0. The highest BCUT2D eigenvalue weighted by atomic mass is 32.2. The van der Waals surface area contributed by atoms with Crippen LogP contribution in [0.25, 0.3) is 0 Å². The maximum absolute atomic E-state index is 13.1. The number of pyridine rings is 1. The van der Waals surface area contributed by atoms with Crippen molar-refractivity contribution in [3.63, 3.8) is 0 Å². The molecule has 0 spiro atoms. The number of aromatic nitrogens is 1. The van der Waals surface area contributed by atoms with Gasteiger partial charge in [-0.2, -0.15) is 4.31 Å². The largest absolute Gasteiger partial charge is 0.481 e. The second-order valence-electron chi connectivity index (χ2n) is 5.63. The fourth-order valence-corrected chi connectivity index (χ4v) is 3.69. The van der Waals surface area contributed by atoms with E-state index in [4.69, 9.17) is 9.47 Å². The minimum absolute atomic E-state index is 0.000666. The Kier molecular flexibility index (Phi) is 7.99. The van der Waals surface area contributed by atoms with Gasteiger partial charge in [-0.15, -0.1) is 5.92 Å². The first-order valence-corrected chi connectivity index (χ1v) is 10.1. The van der Waals surface area contributed by atoms with E-state index in [0.29, 0.717) is 11.3 Å². The van der Waals surface area contributed by atoms with Gasteiger partial charge in [0.1, 0.15) is 18.9 Å². The lowest BCUT2D eigenvalue weighted by Gasteiger charge is -2.21. The van der Waals surface area contributed by atoms with E-state index >= 15 is 0 Å². The molecular weight excluding hydrogens is 380 g/mol. The van der Waals surface area contributed by atoms with Crippen LogP contribution in [-0.4, -0.2) is 43.4 Å². The zero-order chi connectivity index (χ0) is 20.4. The molecule has 0 aliphatic rings. The molecule has 148 valence electrons. The van der Waals surface area contributed by atoms with Crippen molar-refractivity contribution in [2.24, 2.45) is 0 Å². The highest BCUT2D eigenvalue weighted by Gasteiger charge is 2.27. The molecule has 2 rings (SSSR count). The molecule has 0 saturated carbocycles. The number of esters is 1. The summed E-state index contributed by atoms with van der Waals surface area (Å²) in [6, 6.07) is 9.42. The fourth-order valence-electron chi connectivity index (χ4n) is 2.32. The second kappa shape index (κ2) is 10.4. The van der Waals surface area contributed by atoms with Crippen LogP contribution in [0.15, 0.2) is 53.7 Å². The van der Waals surface area contributed by atoms with E-state index in [0.717, 1.165) is 4.31 Å². The number of rotatable bonds is 9. The third-order valence-electron chi connectivity index (χ3n) is 3.64. The van der Waals surface area contributed by atoms with Crippen molar-refractivity contribution in [3.05, 3.63) is 54.4 Å². The Morgan fingerprint density at radius 2 is 1.96 bits per heavy atom. The van der Waals surface area contributed by atoms with Crippen molar-refractivity contribution < 1.29 is 22.7 Å². The van der Waals surface area contributed by atoms with Crippen molar-refractivity contribution in [3.8, 4) is 17.6 Å². The molecule has 28 heavy (non-hydrogen) atoms. The molecule has 7 nitrogen and oxygen atoms in total. The normalized spacial score (nSPS) is 10.8.